The van der Waals surface area contributed by atoms with E-state index in [1.54, 1.807) is 0 Å². The number of carbonyl (C=O) groups excluding carboxylic acids is 2. The van der Waals surface area contributed by atoms with Gasteiger partial charge in [-0.25, -0.2) is 0 Å². The Morgan fingerprint density at radius 1 is 0.500 bits per heavy atom. The van der Waals surface area contributed by atoms with Crippen molar-refractivity contribution in [1.82, 2.24) is 0 Å². The number of esters is 2. The summed E-state index contributed by atoms with van der Waals surface area (Å²) in [6, 6.07) is 0. The first-order valence-electron chi connectivity index (χ1n) is 25.6. The van der Waals surface area contributed by atoms with Crippen LogP contribution in [0.2, 0.25) is 0 Å². The number of allylic oxidation sites excluding steroid dienone is 12. The van der Waals surface area contributed by atoms with Crippen LogP contribution >= 0.6 is 7.82 Å². The van der Waals surface area contributed by atoms with E-state index in [1.807, 2.05) is 33.3 Å². The lowest BCUT2D eigenvalue weighted by molar-refractivity contribution is -0.870. The normalized spacial score (nSPS) is 14.0. The number of nitrogens with zero attached hydrogens (tertiary/aromatic N) is 1. The molecule has 0 aliphatic carbocycles. The number of hydrogen-bond donors (Lipinski definition) is 0. The molecule has 0 aromatic heterocycles. The highest BCUT2D eigenvalue weighted by Crippen LogP contribution is 2.38. The van der Waals surface area contributed by atoms with Gasteiger partial charge in [0.2, 0.25) is 0 Å². The first-order chi connectivity index (χ1) is 31.0. The molecule has 10 heteroatoms. The Hall–Kier alpha value is -2.55. The van der Waals surface area contributed by atoms with Crippen molar-refractivity contribution in [3.63, 3.8) is 0 Å². The SMILES string of the molecule is CC/C=C\C/C=C\C/C=C\C/C=C\CCC(=O)OC(COC(=O)CCCCCCCCCCCCCCCCC/C=C\C/C=C\CCCCCCC)COP(=O)([O-])OCC[N+](C)(C)C. The smallest absolute Gasteiger partial charge is 0.306 e. The molecular formula is C54H96NO8P. The molecule has 0 saturated carbocycles. The lowest BCUT2D eigenvalue weighted by atomic mass is 10.0. The number of hydrogen-bond acceptors (Lipinski definition) is 8. The van der Waals surface area contributed by atoms with Crippen LogP contribution < -0.4 is 4.89 Å². The molecule has 0 N–H and O–H groups in total. The maximum atomic E-state index is 12.6. The zero-order valence-electron chi connectivity index (χ0n) is 41.7. The highest BCUT2D eigenvalue weighted by atomic mass is 31.2. The van der Waals surface area contributed by atoms with E-state index >= 15 is 0 Å². The van der Waals surface area contributed by atoms with Crippen LogP contribution in [-0.4, -0.2) is 70.0 Å². The highest BCUT2D eigenvalue weighted by molar-refractivity contribution is 7.45. The van der Waals surface area contributed by atoms with Crippen molar-refractivity contribution in [2.24, 2.45) is 0 Å². The summed E-state index contributed by atoms with van der Waals surface area (Å²) in [7, 11) is 1.12. The molecule has 0 aliphatic rings. The predicted molar refractivity (Wildman–Crippen MR) is 268 cm³/mol. The topological polar surface area (TPSA) is 111 Å². The Labute approximate surface area is 393 Å². The Morgan fingerprint density at radius 2 is 0.922 bits per heavy atom. The largest absolute Gasteiger partial charge is 0.756 e. The van der Waals surface area contributed by atoms with E-state index in [9.17, 15) is 19.0 Å². The van der Waals surface area contributed by atoms with E-state index in [4.69, 9.17) is 18.5 Å². The van der Waals surface area contributed by atoms with Crippen molar-refractivity contribution in [2.75, 3.05) is 47.5 Å². The molecule has 2 atom stereocenters. The Morgan fingerprint density at radius 3 is 1.39 bits per heavy atom. The van der Waals surface area contributed by atoms with Gasteiger partial charge in [0, 0.05) is 12.8 Å². The average Bonchev–Trinajstić information content (AvgIpc) is 3.25. The molecule has 0 saturated heterocycles. The van der Waals surface area contributed by atoms with E-state index in [0.29, 0.717) is 17.4 Å². The summed E-state index contributed by atoms with van der Waals surface area (Å²) in [6.45, 7) is 4.02. The second-order valence-corrected chi connectivity index (χ2v) is 19.6. The van der Waals surface area contributed by atoms with Crippen LogP contribution in [0.15, 0.2) is 72.9 Å². The Bertz CT molecular complexity index is 1310. The lowest BCUT2D eigenvalue weighted by Crippen LogP contribution is -2.37. The van der Waals surface area contributed by atoms with Gasteiger partial charge in [0.1, 0.15) is 19.8 Å². The average molecular weight is 918 g/mol. The van der Waals surface area contributed by atoms with Gasteiger partial charge in [-0.3, -0.25) is 14.2 Å². The summed E-state index contributed by atoms with van der Waals surface area (Å²) in [5, 5.41) is 0. The minimum atomic E-state index is -4.65. The van der Waals surface area contributed by atoms with Crippen molar-refractivity contribution < 1.29 is 42.1 Å². The van der Waals surface area contributed by atoms with E-state index in [1.165, 1.54) is 122 Å². The fraction of sp³-hybridized carbons (Fsp3) is 0.741. The number of phosphoric acid groups is 1. The van der Waals surface area contributed by atoms with Crippen molar-refractivity contribution >= 4 is 19.8 Å². The first kappa shape index (κ1) is 61.5. The minimum absolute atomic E-state index is 0.0458. The molecule has 0 aliphatic heterocycles. The van der Waals surface area contributed by atoms with Gasteiger partial charge in [0.15, 0.2) is 6.10 Å². The third-order valence-electron chi connectivity index (χ3n) is 10.7. The van der Waals surface area contributed by atoms with Gasteiger partial charge in [-0.1, -0.05) is 196 Å². The van der Waals surface area contributed by atoms with Crippen LogP contribution in [0.3, 0.4) is 0 Å². The molecular weight excluding hydrogens is 822 g/mol. The molecule has 9 nitrogen and oxygen atoms in total. The molecule has 0 fully saturated rings. The summed E-state index contributed by atoms with van der Waals surface area (Å²) in [5.41, 5.74) is 0. The molecule has 370 valence electrons. The zero-order chi connectivity index (χ0) is 47.1. The van der Waals surface area contributed by atoms with Gasteiger partial charge in [0.25, 0.3) is 7.82 Å². The van der Waals surface area contributed by atoms with Crippen molar-refractivity contribution in [1.29, 1.82) is 0 Å². The number of carbonyl (C=O) groups is 2. The predicted octanol–water partition coefficient (Wildman–Crippen LogP) is 14.7. The number of phosphoric ester groups is 1. The lowest BCUT2D eigenvalue weighted by Gasteiger charge is -2.28. The molecule has 0 radical (unpaired) electrons. The monoisotopic (exact) mass is 918 g/mol. The summed E-state index contributed by atoms with van der Waals surface area (Å²) >= 11 is 0. The number of quaternary nitrogens is 1. The van der Waals surface area contributed by atoms with Crippen LogP contribution in [-0.2, 0) is 32.7 Å². The maximum Gasteiger partial charge on any atom is 0.306 e. The standard InChI is InChI=1S/C54H96NO8P/c1-6-8-10-12-14-16-18-20-21-22-23-24-25-26-27-28-29-30-31-32-33-35-36-38-40-42-44-46-53(56)60-50-52(51-62-64(58,59)61-49-48-55(3,4)5)63-54(57)47-45-43-41-39-37-34-19-17-15-13-11-9-7-2/h9,11,15,17-18,20,22-23,34,37,41,43,52H,6-8,10,12-14,16,19,21,24-33,35-36,38-40,42,44-51H2,1-5H3/b11-9-,17-15-,20-18-,23-22-,37-34-,43-41-. The van der Waals surface area contributed by atoms with Gasteiger partial charge in [-0.2, -0.15) is 0 Å². The van der Waals surface area contributed by atoms with Gasteiger partial charge >= 0.3 is 11.9 Å². The van der Waals surface area contributed by atoms with Crippen LogP contribution in [0.1, 0.15) is 206 Å². The van der Waals surface area contributed by atoms with E-state index in [0.717, 1.165) is 51.4 Å². The summed E-state index contributed by atoms with van der Waals surface area (Å²) < 4.78 is 33.9. The molecule has 2 unspecified atom stereocenters. The number of rotatable bonds is 46. The second-order valence-electron chi connectivity index (χ2n) is 18.1. The first-order valence-corrected chi connectivity index (χ1v) is 27.1. The van der Waals surface area contributed by atoms with E-state index in [2.05, 4.69) is 74.6 Å². The van der Waals surface area contributed by atoms with Crippen LogP contribution in [0, 0.1) is 0 Å². The third kappa shape index (κ3) is 48.9. The molecule has 0 spiro atoms. The summed E-state index contributed by atoms with van der Waals surface area (Å²) in [6.07, 6.45) is 58.3. The van der Waals surface area contributed by atoms with Crippen LogP contribution in [0.25, 0.3) is 0 Å². The highest BCUT2D eigenvalue weighted by Gasteiger charge is 2.21. The molecule has 0 aromatic carbocycles. The van der Waals surface area contributed by atoms with Gasteiger partial charge in [0.05, 0.1) is 27.7 Å². The molecule has 0 heterocycles. The molecule has 64 heavy (non-hydrogen) atoms. The van der Waals surface area contributed by atoms with E-state index in [-0.39, 0.29) is 26.1 Å². The van der Waals surface area contributed by atoms with Crippen LogP contribution in [0.5, 0.6) is 0 Å². The quantitative estimate of drug-likeness (QED) is 0.0195. The Kier molecular flexibility index (Phi) is 43.8. The number of ether oxygens (including phenoxy) is 2. The fourth-order valence-corrected chi connectivity index (χ4v) is 7.49. The van der Waals surface area contributed by atoms with Gasteiger partial charge in [-0.05, 0) is 70.6 Å². The van der Waals surface area contributed by atoms with Gasteiger partial charge < -0.3 is 27.9 Å². The number of unbranched alkanes of at least 4 members (excludes halogenated alkanes) is 20. The zero-order valence-corrected chi connectivity index (χ0v) is 42.6. The maximum absolute atomic E-state index is 12.6. The summed E-state index contributed by atoms with van der Waals surface area (Å²) in [4.78, 5) is 37.6. The van der Waals surface area contributed by atoms with E-state index < -0.39 is 32.5 Å². The van der Waals surface area contributed by atoms with Crippen molar-refractivity contribution in [3.05, 3.63) is 72.9 Å². The molecule has 0 amide bonds. The molecule has 0 aromatic rings. The second kappa shape index (κ2) is 45.6. The Balaban J connectivity index is 4.17. The van der Waals surface area contributed by atoms with Gasteiger partial charge in [-0.15, -0.1) is 0 Å². The molecule has 0 bridgehead atoms. The summed E-state index contributed by atoms with van der Waals surface area (Å²) in [5.74, 6) is -0.930. The van der Waals surface area contributed by atoms with Crippen molar-refractivity contribution in [3.8, 4) is 0 Å². The number of likely N-dealkylation sites (N-methyl/N-ethyl adjacent to an activating group) is 1. The van der Waals surface area contributed by atoms with Crippen molar-refractivity contribution in [2.45, 2.75) is 213 Å². The minimum Gasteiger partial charge on any atom is -0.756 e. The third-order valence-corrected chi connectivity index (χ3v) is 11.7. The molecule has 0 rings (SSSR count). The van der Waals surface area contributed by atoms with Crippen LogP contribution in [0.4, 0.5) is 0 Å². The fourth-order valence-electron chi connectivity index (χ4n) is 6.76.